The van der Waals surface area contributed by atoms with Crippen LogP contribution in [-0.4, -0.2) is 45.3 Å². The quantitative estimate of drug-likeness (QED) is 0.677. The van der Waals surface area contributed by atoms with Crippen molar-refractivity contribution in [2.24, 2.45) is 16.8 Å². The molecule has 29 heavy (non-hydrogen) atoms. The Labute approximate surface area is 171 Å². The molecule has 1 aromatic carbocycles. The highest BCUT2D eigenvalue weighted by molar-refractivity contribution is 7.90. The second kappa shape index (κ2) is 8.94. The first-order valence-electron chi connectivity index (χ1n) is 9.89. The smallest absolute Gasteiger partial charge is 0.308 e. The third-order valence-corrected chi connectivity index (χ3v) is 7.06. The van der Waals surface area contributed by atoms with Crippen LogP contribution in [-0.2, 0) is 24.3 Å². The predicted molar refractivity (Wildman–Crippen MR) is 108 cm³/mol. The fourth-order valence-electron chi connectivity index (χ4n) is 3.76. The number of hydrogen-bond donors (Lipinski definition) is 2. The van der Waals surface area contributed by atoms with E-state index in [2.05, 4.69) is 28.9 Å². The van der Waals surface area contributed by atoms with Crippen molar-refractivity contribution in [1.82, 2.24) is 10.0 Å². The summed E-state index contributed by atoms with van der Waals surface area (Å²) in [6.45, 7) is 4.06. The monoisotopic (exact) mass is 421 g/mol. The lowest BCUT2D eigenvalue weighted by atomic mass is 9.78. The molecule has 1 saturated carbocycles. The fourth-order valence-corrected chi connectivity index (χ4v) is 5.01. The number of sulfonamides is 1. The van der Waals surface area contributed by atoms with Crippen molar-refractivity contribution in [3.05, 3.63) is 29.8 Å². The molecular weight excluding hydrogens is 394 g/mol. The molecule has 3 atom stereocenters. The van der Waals surface area contributed by atoms with E-state index in [1.807, 2.05) is 0 Å². The third-order valence-electron chi connectivity index (χ3n) is 5.67. The number of ether oxygens (including phenoxy) is 1. The first-order chi connectivity index (χ1) is 13.8. The standard InChI is InChI=1S/C20H27N3O5S/c1-13-6-5-8-16(14(13)2)22-18(24)12-28-19(25)10-11-21-20-15-7-3-4-9-17(15)29(26,27)23-20/h3-4,7,9,13-14,16H,5-6,8,10-12H2,1-2H3,(H,21,23)(H,22,24)/t13-,14+,16-/m0/s1. The second-order valence-corrected chi connectivity index (χ2v) is 9.33. The summed E-state index contributed by atoms with van der Waals surface area (Å²) in [4.78, 5) is 28.3. The van der Waals surface area contributed by atoms with E-state index in [1.165, 1.54) is 12.5 Å². The molecule has 1 aliphatic carbocycles. The zero-order valence-corrected chi connectivity index (χ0v) is 17.5. The van der Waals surface area contributed by atoms with E-state index >= 15 is 0 Å². The number of nitrogens with one attached hydrogen (secondary N) is 2. The fraction of sp³-hybridized carbons (Fsp3) is 0.550. The highest BCUT2D eigenvalue weighted by atomic mass is 32.2. The summed E-state index contributed by atoms with van der Waals surface area (Å²) in [5.41, 5.74) is 0.482. The number of hydrogen-bond acceptors (Lipinski definition) is 6. The van der Waals surface area contributed by atoms with Gasteiger partial charge in [-0.2, -0.15) is 0 Å². The van der Waals surface area contributed by atoms with Gasteiger partial charge in [-0.1, -0.05) is 38.8 Å². The van der Waals surface area contributed by atoms with Crippen molar-refractivity contribution in [1.29, 1.82) is 0 Å². The van der Waals surface area contributed by atoms with Crippen molar-refractivity contribution in [2.75, 3.05) is 13.2 Å². The van der Waals surface area contributed by atoms with E-state index in [0.717, 1.165) is 12.8 Å². The molecule has 8 nitrogen and oxygen atoms in total. The van der Waals surface area contributed by atoms with E-state index < -0.39 is 16.0 Å². The minimum Gasteiger partial charge on any atom is -0.456 e. The van der Waals surface area contributed by atoms with Crippen molar-refractivity contribution in [2.45, 2.75) is 50.5 Å². The molecule has 0 saturated heterocycles. The molecule has 3 rings (SSSR count). The van der Waals surface area contributed by atoms with Crippen LogP contribution < -0.4 is 10.0 Å². The number of carbonyl (C=O) groups excluding carboxylic acids is 2. The number of nitrogens with zero attached hydrogens (tertiary/aromatic N) is 1. The molecule has 1 amide bonds. The molecule has 158 valence electrons. The number of rotatable bonds is 6. The zero-order valence-electron chi connectivity index (χ0n) is 16.7. The minimum absolute atomic E-state index is 0.0441. The number of carbonyl (C=O) groups is 2. The maximum Gasteiger partial charge on any atom is 0.308 e. The molecule has 1 fully saturated rings. The van der Waals surface area contributed by atoms with E-state index in [4.69, 9.17) is 4.74 Å². The van der Waals surface area contributed by atoms with Crippen LogP contribution >= 0.6 is 0 Å². The van der Waals surface area contributed by atoms with Crippen LogP contribution in [0.2, 0.25) is 0 Å². The van der Waals surface area contributed by atoms with Gasteiger partial charge < -0.3 is 10.1 Å². The average molecular weight is 422 g/mol. The Morgan fingerprint density at radius 1 is 1.24 bits per heavy atom. The summed E-state index contributed by atoms with van der Waals surface area (Å²) in [5.74, 6) is 0.328. The Hall–Kier alpha value is -2.42. The molecule has 0 radical (unpaired) electrons. The Morgan fingerprint density at radius 2 is 2.00 bits per heavy atom. The summed E-state index contributed by atoms with van der Waals surface area (Å²) >= 11 is 0. The van der Waals surface area contributed by atoms with Gasteiger partial charge in [0.2, 0.25) is 0 Å². The number of aliphatic imine (C=N–C) groups is 1. The number of amidine groups is 1. The minimum atomic E-state index is -3.60. The molecule has 1 heterocycles. The summed E-state index contributed by atoms with van der Waals surface area (Å²) in [5, 5.41) is 2.95. The number of fused-ring (bicyclic) bond motifs is 1. The third kappa shape index (κ3) is 5.14. The summed E-state index contributed by atoms with van der Waals surface area (Å²) in [7, 11) is -3.60. The van der Waals surface area contributed by atoms with Crippen LogP contribution in [0.15, 0.2) is 34.2 Å². The van der Waals surface area contributed by atoms with Crippen LogP contribution in [0.5, 0.6) is 0 Å². The van der Waals surface area contributed by atoms with Crippen molar-refractivity contribution in [3.63, 3.8) is 0 Å². The van der Waals surface area contributed by atoms with Gasteiger partial charge in [0.15, 0.2) is 6.61 Å². The van der Waals surface area contributed by atoms with Gasteiger partial charge in [0, 0.05) is 11.6 Å². The lowest BCUT2D eigenvalue weighted by molar-refractivity contribution is -0.148. The second-order valence-electron chi connectivity index (χ2n) is 7.68. The summed E-state index contributed by atoms with van der Waals surface area (Å²) in [6, 6.07) is 6.63. The van der Waals surface area contributed by atoms with Gasteiger partial charge in [-0.15, -0.1) is 0 Å². The predicted octanol–water partition coefficient (Wildman–Crippen LogP) is 1.60. The van der Waals surface area contributed by atoms with E-state index in [0.29, 0.717) is 17.4 Å². The van der Waals surface area contributed by atoms with E-state index in [-0.39, 0.29) is 42.3 Å². The molecule has 0 spiro atoms. The van der Waals surface area contributed by atoms with Crippen LogP contribution in [0.3, 0.4) is 0 Å². The number of benzene rings is 1. The Morgan fingerprint density at radius 3 is 2.79 bits per heavy atom. The van der Waals surface area contributed by atoms with Crippen molar-refractivity contribution >= 4 is 27.7 Å². The molecule has 2 N–H and O–H groups in total. The molecular formula is C20H27N3O5S. The highest BCUT2D eigenvalue weighted by Gasteiger charge is 2.30. The maximum atomic E-state index is 12.1. The molecule has 0 aromatic heterocycles. The topological polar surface area (TPSA) is 114 Å². The lowest BCUT2D eigenvalue weighted by Gasteiger charge is -2.34. The van der Waals surface area contributed by atoms with E-state index in [9.17, 15) is 18.0 Å². The first kappa shape index (κ1) is 21.3. The largest absolute Gasteiger partial charge is 0.456 e. The van der Waals surface area contributed by atoms with Crippen LogP contribution in [0.25, 0.3) is 0 Å². The SMILES string of the molecule is C[C@H]1[C@@H](NC(=O)COC(=O)CCN=C2NS(=O)(=O)c3ccccc32)CCC[C@@H]1C. The maximum absolute atomic E-state index is 12.1. The van der Waals surface area contributed by atoms with Crippen LogP contribution in [0, 0.1) is 11.8 Å². The number of amides is 1. The summed E-state index contributed by atoms with van der Waals surface area (Å²) in [6.07, 6.45) is 3.16. The van der Waals surface area contributed by atoms with Gasteiger partial charge >= 0.3 is 5.97 Å². The zero-order chi connectivity index (χ0) is 21.0. The first-order valence-corrected chi connectivity index (χ1v) is 11.4. The Balaban J connectivity index is 1.44. The summed E-state index contributed by atoms with van der Waals surface area (Å²) < 4.78 is 31.4. The Kier molecular flexibility index (Phi) is 6.56. The highest BCUT2D eigenvalue weighted by Crippen LogP contribution is 2.29. The van der Waals surface area contributed by atoms with Crippen LogP contribution in [0.4, 0.5) is 0 Å². The molecule has 9 heteroatoms. The molecule has 1 aromatic rings. The number of esters is 1. The molecule has 2 aliphatic rings. The van der Waals surface area contributed by atoms with Crippen LogP contribution in [0.1, 0.15) is 45.1 Å². The lowest BCUT2D eigenvalue weighted by Crippen LogP contribution is -2.45. The van der Waals surface area contributed by atoms with Crippen molar-refractivity contribution in [3.8, 4) is 0 Å². The normalized spacial score (nSPS) is 26.4. The molecule has 1 aliphatic heterocycles. The Bertz CT molecular complexity index is 912. The average Bonchev–Trinajstić information content (AvgIpc) is 2.95. The van der Waals surface area contributed by atoms with Gasteiger partial charge in [-0.25, -0.2) is 8.42 Å². The molecule has 0 bridgehead atoms. The van der Waals surface area contributed by atoms with Gasteiger partial charge in [0.1, 0.15) is 5.84 Å². The van der Waals surface area contributed by atoms with Crippen molar-refractivity contribution < 1.29 is 22.7 Å². The van der Waals surface area contributed by atoms with Gasteiger partial charge in [0.05, 0.1) is 17.9 Å². The van der Waals surface area contributed by atoms with E-state index in [1.54, 1.807) is 18.2 Å². The van der Waals surface area contributed by atoms with Gasteiger partial charge in [-0.3, -0.25) is 19.3 Å². The van der Waals surface area contributed by atoms with Gasteiger partial charge in [-0.05, 0) is 30.4 Å². The van der Waals surface area contributed by atoms with Gasteiger partial charge in [0.25, 0.3) is 15.9 Å². The molecule has 0 unspecified atom stereocenters.